The molecule has 0 heterocycles. The van der Waals surface area contributed by atoms with Crippen molar-refractivity contribution in [2.24, 2.45) is 5.10 Å². The Bertz CT molecular complexity index is 1200. The van der Waals surface area contributed by atoms with Crippen molar-refractivity contribution in [3.8, 4) is 11.5 Å². The maximum absolute atomic E-state index is 13.6. The molecular weight excluding hydrogens is 583 g/mol. The number of hydrazone groups is 1. The quantitative estimate of drug-likeness (QED) is 0.0871. The smallest absolute Gasteiger partial charge is 0.497 e. The molecular formula is C24H35N3O8P3S+. The second-order valence-corrected chi connectivity index (χ2v) is 14.6. The number of hydrogen-bond acceptors (Lipinski definition) is 11. The zero-order chi connectivity index (χ0) is 29.1. The maximum Gasteiger partial charge on any atom is 0.540 e. The van der Waals surface area contributed by atoms with Gasteiger partial charge in [0.2, 0.25) is 11.8 Å². The number of hydrogen-bond donors (Lipinski definition) is 0. The van der Waals surface area contributed by atoms with Crippen LogP contribution in [0, 0.1) is 0 Å². The Morgan fingerprint density at radius 3 is 2.00 bits per heavy atom. The third-order valence-electron chi connectivity index (χ3n) is 5.52. The summed E-state index contributed by atoms with van der Waals surface area (Å²) in [7, 11) is -0.302. The van der Waals surface area contributed by atoms with Gasteiger partial charge in [-0.15, -0.1) is 11.7 Å². The second-order valence-electron chi connectivity index (χ2n) is 7.86. The van der Waals surface area contributed by atoms with E-state index in [2.05, 4.69) is 11.7 Å². The summed E-state index contributed by atoms with van der Waals surface area (Å²) in [4.78, 5) is 1.62. The number of nitrogens with zero attached hydrogens (tertiary/aromatic N) is 3. The molecule has 2 rings (SSSR count). The van der Waals surface area contributed by atoms with E-state index in [1.54, 1.807) is 60.4 Å². The highest BCUT2D eigenvalue weighted by atomic mass is 32.4. The maximum atomic E-state index is 13.6. The third kappa shape index (κ3) is 9.29. The predicted octanol–water partition coefficient (Wildman–Crippen LogP) is 6.23. The summed E-state index contributed by atoms with van der Waals surface area (Å²) in [5.74, 6) is 0.302. The molecule has 0 N–H and O–H groups in total. The molecule has 39 heavy (non-hydrogen) atoms. The molecule has 0 amide bonds. The van der Waals surface area contributed by atoms with Crippen LogP contribution in [0.15, 0.2) is 66.3 Å². The van der Waals surface area contributed by atoms with Crippen molar-refractivity contribution in [1.29, 1.82) is 0 Å². The molecule has 214 valence electrons. The Balaban J connectivity index is 2.26. The first-order chi connectivity index (χ1) is 18.6. The van der Waals surface area contributed by atoms with Crippen molar-refractivity contribution in [2.75, 3.05) is 55.4 Å². The lowest BCUT2D eigenvalue weighted by atomic mass is 10.2. The highest BCUT2D eigenvalue weighted by Crippen LogP contribution is 2.63. The minimum Gasteiger partial charge on any atom is -0.497 e. The molecule has 0 bridgehead atoms. The van der Waals surface area contributed by atoms with Gasteiger partial charge >= 0.3 is 22.3 Å². The van der Waals surface area contributed by atoms with Gasteiger partial charge in [0, 0.05) is 35.0 Å². The van der Waals surface area contributed by atoms with Gasteiger partial charge in [-0.1, -0.05) is 23.0 Å². The summed E-state index contributed by atoms with van der Waals surface area (Å²) in [6.07, 6.45) is 3.08. The Hall–Kier alpha value is -1.97. The van der Waals surface area contributed by atoms with E-state index < -0.39 is 28.0 Å². The normalized spacial score (nSPS) is 13.4. The summed E-state index contributed by atoms with van der Waals surface area (Å²) in [5, 5.41) is 4.37. The second kappa shape index (κ2) is 15.7. The van der Waals surface area contributed by atoms with E-state index in [9.17, 15) is 9.13 Å². The summed E-state index contributed by atoms with van der Waals surface area (Å²) in [5.41, 5.74) is 1.45. The van der Waals surface area contributed by atoms with Gasteiger partial charge < -0.3 is 22.8 Å². The Morgan fingerprint density at radius 2 is 1.51 bits per heavy atom. The van der Waals surface area contributed by atoms with Crippen molar-refractivity contribution >= 4 is 40.3 Å². The van der Waals surface area contributed by atoms with Crippen molar-refractivity contribution in [3.05, 3.63) is 72.3 Å². The average molecular weight is 619 g/mol. The van der Waals surface area contributed by atoms with E-state index in [1.807, 2.05) is 24.3 Å². The summed E-state index contributed by atoms with van der Waals surface area (Å²) < 4.78 is 60.1. The molecule has 0 aliphatic rings. The zero-order valence-corrected chi connectivity index (χ0v) is 26.3. The average Bonchev–Trinajstić information content (AvgIpc) is 2.96. The molecule has 0 saturated heterocycles. The predicted molar refractivity (Wildman–Crippen MR) is 157 cm³/mol. The van der Waals surface area contributed by atoms with Crippen LogP contribution in [0.2, 0.25) is 0 Å². The van der Waals surface area contributed by atoms with Crippen molar-refractivity contribution in [2.45, 2.75) is 5.78 Å². The fraction of sp³-hybridized carbons (Fsp3) is 0.375. The molecule has 0 spiro atoms. The SMILES string of the molecule is C=CCN(CP(=O)(OC)OC)C(c1ccc(O[P+](=S)N(C)/N=C\c2ccc(OC)cc2)cc1)P(=O)(OC)OC. The van der Waals surface area contributed by atoms with Crippen LogP contribution in [0.25, 0.3) is 0 Å². The lowest BCUT2D eigenvalue weighted by molar-refractivity contribution is 0.197. The van der Waals surface area contributed by atoms with Crippen LogP contribution in [0.4, 0.5) is 0 Å². The van der Waals surface area contributed by atoms with Gasteiger partial charge in [0.25, 0.3) is 0 Å². The molecule has 0 saturated carbocycles. The van der Waals surface area contributed by atoms with Gasteiger partial charge in [0.1, 0.15) is 17.8 Å². The molecule has 15 heteroatoms. The minimum atomic E-state index is -3.75. The lowest BCUT2D eigenvalue weighted by Crippen LogP contribution is -2.31. The monoisotopic (exact) mass is 618 g/mol. The van der Waals surface area contributed by atoms with E-state index in [1.165, 1.54) is 28.4 Å². The van der Waals surface area contributed by atoms with Crippen LogP contribution in [-0.2, 0) is 39.0 Å². The molecule has 2 unspecified atom stereocenters. The van der Waals surface area contributed by atoms with Gasteiger partial charge in [0.15, 0.2) is 5.75 Å². The van der Waals surface area contributed by atoms with Crippen molar-refractivity contribution in [3.63, 3.8) is 0 Å². The van der Waals surface area contributed by atoms with Crippen LogP contribution in [0.5, 0.6) is 11.5 Å². The summed E-state index contributed by atoms with van der Waals surface area (Å²) in [6.45, 7) is 3.96. The van der Waals surface area contributed by atoms with Crippen LogP contribution in [0.3, 0.4) is 0 Å². The third-order valence-corrected chi connectivity index (χ3v) is 11.5. The molecule has 0 aromatic heterocycles. The van der Waals surface area contributed by atoms with Crippen LogP contribution >= 0.6 is 22.3 Å². The van der Waals surface area contributed by atoms with Gasteiger partial charge in [-0.3, -0.25) is 18.6 Å². The van der Waals surface area contributed by atoms with E-state index in [0.717, 1.165) is 11.3 Å². The number of benzene rings is 2. The van der Waals surface area contributed by atoms with Crippen LogP contribution < -0.4 is 9.26 Å². The molecule has 0 aliphatic heterocycles. The highest BCUT2D eigenvalue weighted by Gasteiger charge is 2.42. The molecule has 2 aromatic carbocycles. The number of rotatable bonds is 17. The number of ether oxygens (including phenoxy) is 1. The first-order valence-electron chi connectivity index (χ1n) is 11.5. The van der Waals surface area contributed by atoms with Crippen molar-refractivity contribution < 1.29 is 36.5 Å². The van der Waals surface area contributed by atoms with Gasteiger partial charge in [-0.05, 0) is 47.5 Å². The topological polar surface area (TPSA) is 108 Å². The van der Waals surface area contributed by atoms with Gasteiger partial charge in [0.05, 0.1) is 20.4 Å². The lowest BCUT2D eigenvalue weighted by Gasteiger charge is -2.35. The standard InChI is InChI=1S/C24H35N3O8P3S/c1-8-17-27(19-37(28,31-4)32-5)24(38(29,33-6)34-7)21-11-15-23(16-12-21)35-36(39)26(2)25-18-20-9-13-22(30-3)14-10-20/h8-16,18,24H,1,17,19H2,2-7H3/q+1/b25-18-. The van der Waals surface area contributed by atoms with Crippen LogP contribution in [0.1, 0.15) is 16.9 Å². The van der Waals surface area contributed by atoms with E-state index in [4.69, 9.17) is 39.2 Å². The van der Waals surface area contributed by atoms with E-state index in [-0.39, 0.29) is 12.8 Å². The highest BCUT2D eigenvalue weighted by molar-refractivity contribution is 8.02. The Labute approximate surface area is 236 Å². The zero-order valence-electron chi connectivity index (χ0n) is 22.8. The molecule has 2 atom stereocenters. The molecule has 0 fully saturated rings. The Morgan fingerprint density at radius 1 is 0.949 bits per heavy atom. The van der Waals surface area contributed by atoms with E-state index >= 15 is 0 Å². The van der Waals surface area contributed by atoms with Crippen molar-refractivity contribution in [1.82, 2.24) is 9.68 Å². The summed E-state index contributed by atoms with van der Waals surface area (Å²) >= 11 is 5.51. The first-order valence-corrected chi connectivity index (χ1v) is 17.1. The molecule has 0 radical (unpaired) electrons. The van der Waals surface area contributed by atoms with Crippen LogP contribution in [-0.4, -0.2) is 71.3 Å². The molecule has 2 aromatic rings. The molecule has 0 aliphatic carbocycles. The van der Waals surface area contributed by atoms with Gasteiger partial charge in [-0.25, -0.2) is 0 Å². The first kappa shape index (κ1) is 33.2. The fourth-order valence-corrected chi connectivity index (χ4v) is 7.25. The number of methoxy groups -OCH3 is 1. The largest absolute Gasteiger partial charge is 0.540 e. The molecule has 11 nitrogen and oxygen atoms in total. The Kier molecular flexibility index (Phi) is 13.4. The minimum absolute atomic E-state index is 0.180. The summed E-state index contributed by atoms with van der Waals surface area (Å²) in [6, 6.07) is 14.3. The van der Waals surface area contributed by atoms with E-state index in [0.29, 0.717) is 11.3 Å². The van der Waals surface area contributed by atoms with Gasteiger partial charge in [-0.2, -0.15) is 0 Å². The fourth-order valence-electron chi connectivity index (χ4n) is 3.41.